The van der Waals surface area contributed by atoms with Gasteiger partial charge >= 0.3 is 0 Å². The van der Waals surface area contributed by atoms with E-state index in [9.17, 15) is 0 Å². The van der Waals surface area contributed by atoms with Crippen molar-refractivity contribution in [1.29, 1.82) is 0 Å². The highest BCUT2D eigenvalue weighted by Crippen LogP contribution is 2.23. The summed E-state index contributed by atoms with van der Waals surface area (Å²) < 4.78 is 12.3. The standard InChI is InChI=1S/C17H15N5O2/c1-23-14-7-12(8-18-9-14)15-11-20-17-5-4-16(21-22(15)17)19-10-13-3-2-6-24-13/h2-9,11H,10H2,1H3,(H,19,21). The molecule has 4 aromatic rings. The third-order valence-electron chi connectivity index (χ3n) is 3.63. The summed E-state index contributed by atoms with van der Waals surface area (Å²) in [4.78, 5) is 8.58. The van der Waals surface area contributed by atoms with Crippen LogP contribution in [0.2, 0.25) is 0 Å². The number of pyridine rings is 1. The molecule has 0 aliphatic heterocycles. The van der Waals surface area contributed by atoms with Crippen LogP contribution in [0.3, 0.4) is 0 Å². The molecule has 24 heavy (non-hydrogen) atoms. The lowest BCUT2D eigenvalue weighted by atomic mass is 10.2. The van der Waals surface area contributed by atoms with Gasteiger partial charge in [-0.05, 0) is 30.3 Å². The van der Waals surface area contributed by atoms with Crippen LogP contribution >= 0.6 is 0 Å². The Morgan fingerprint density at radius 3 is 3.00 bits per heavy atom. The van der Waals surface area contributed by atoms with Crippen LogP contribution in [0, 0.1) is 0 Å². The predicted octanol–water partition coefficient (Wildman–Crippen LogP) is 3.01. The number of nitrogens with zero attached hydrogens (tertiary/aromatic N) is 4. The van der Waals surface area contributed by atoms with Crippen LogP contribution in [0.15, 0.2) is 59.6 Å². The van der Waals surface area contributed by atoms with Gasteiger partial charge in [0.25, 0.3) is 0 Å². The van der Waals surface area contributed by atoms with Gasteiger partial charge in [-0.3, -0.25) is 4.98 Å². The van der Waals surface area contributed by atoms with Crippen LogP contribution in [0.5, 0.6) is 5.75 Å². The Bertz CT molecular complexity index is 962. The van der Waals surface area contributed by atoms with E-state index in [1.165, 1.54) is 0 Å². The molecular formula is C17H15N5O2. The zero-order valence-corrected chi connectivity index (χ0v) is 13.0. The fourth-order valence-corrected chi connectivity index (χ4v) is 2.43. The van der Waals surface area contributed by atoms with Gasteiger partial charge in [0, 0.05) is 11.8 Å². The van der Waals surface area contributed by atoms with Crippen LogP contribution in [0.4, 0.5) is 5.82 Å². The molecule has 0 amide bonds. The van der Waals surface area contributed by atoms with E-state index >= 15 is 0 Å². The maximum atomic E-state index is 5.31. The number of rotatable bonds is 5. The van der Waals surface area contributed by atoms with Crippen molar-refractivity contribution in [2.75, 3.05) is 12.4 Å². The van der Waals surface area contributed by atoms with Gasteiger partial charge in [-0.2, -0.15) is 0 Å². The molecule has 7 heteroatoms. The molecule has 0 spiro atoms. The molecule has 0 saturated carbocycles. The summed E-state index contributed by atoms with van der Waals surface area (Å²) in [5, 5.41) is 7.84. The number of ether oxygens (including phenoxy) is 1. The predicted molar refractivity (Wildman–Crippen MR) is 88.8 cm³/mol. The summed E-state index contributed by atoms with van der Waals surface area (Å²) in [6, 6.07) is 9.47. The molecule has 0 radical (unpaired) electrons. The molecule has 0 unspecified atom stereocenters. The lowest BCUT2D eigenvalue weighted by Crippen LogP contribution is -2.04. The molecule has 0 aliphatic carbocycles. The zero-order valence-electron chi connectivity index (χ0n) is 13.0. The topological polar surface area (TPSA) is 77.5 Å². The van der Waals surface area contributed by atoms with Crippen molar-refractivity contribution in [3.8, 4) is 17.0 Å². The number of aromatic nitrogens is 4. The Labute approximate surface area is 137 Å². The second kappa shape index (κ2) is 6.04. The number of anilines is 1. The van der Waals surface area contributed by atoms with Crippen LogP contribution in [-0.4, -0.2) is 26.7 Å². The minimum absolute atomic E-state index is 0.566. The fraction of sp³-hybridized carbons (Fsp3) is 0.118. The Morgan fingerprint density at radius 1 is 1.21 bits per heavy atom. The highest BCUT2D eigenvalue weighted by Gasteiger charge is 2.09. The number of hydrogen-bond acceptors (Lipinski definition) is 6. The summed E-state index contributed by atoms with van der Waals surface area (Å²) in [5.74, 6) is 2.27. The molecule has 4 rings (SSSR count). The first-order valence-electron chi connectivity index (χ1n) is 7.44. The van der Waals surface area contributed by atoms with E-state index in [1.54, 1.807) is 36.5 Å². The Kier molecular flexibility index (Phi) is 3.59. The monoisotopic (exact) mass is 321 g/mol. The molecule has 0 atom stereocenters. The van der Waals surface area contributed by atoms with Crippen LogP contribution in [-0.2, 0) is 6.54 Å². The molecule has 1 N–H and O–H groups in total. The number of imidazole rings is 1. The van der Waals surface area contributed by atoms with Crippen molar-refractivity contribution in [2.45, 2.75) is 6.54 Å². The van der Waals surface area contributed by atoms with Gasteiger partial charge in [0.15, 0.2) is 5.65 Å². The summed E-state index contributed by atoms with van der Waals surface area (Å²) in [7, 11) is 1.62. The molecular weight excluding hydrogens is 306 g/mol. The van der Waals surface area contributed by atoms with Crippen molar-refractivity contribution in [2.24, 2.45) is 0 Å². The van der Waals surface area contributed by atoms with Crippen molar-refractivity contribution >= 4 is 11.5 Å². The molecule has 7 nitrogen and oxygen atoms in total. The Hall–Kier alpha value is -3.35. The van der Waals surface area contributed by atoms with Gasteiger partial charge < -0.3 is 14.5 Å². The van der Waals surface area contributed by atoms with Crippen molar-refractivity contribution in [3.05, 3.63) is 60.9 Å². The van der Waals surface area contributed by atoms with Gasteiger partial charge in [0.2, 0.25) is 0 Å². The molecule has 0 fully saturated rings. The summed E-state index contributed by atoms with van der Waals surface area (Å²) >= 11 is 0. The zero-order chi connectivity index (χ0) is 16.4. The fourth-order valence-electron chi connectivity index (χ4n) is 2.43. The Morgan fingerprint density at radius 2 is 2.17 bits per heavy atom. The first kappa shape index (κ1) is 14.3. The molecule has 0 bridgehead atoms. The quantitative estimate of drug-likeness (QED) is 0.609. The van der Waals surface area contributed by atoms with E-state index in [-0.39, 0.29) is 0 Å². The summed E-state index contributed by atoms with van der Waals surface area (Å²) in [6.45, 7) is 0.566. The minimum Gasteiger partial charge on any atom is -0.495 e. The molecule has 0 saturated heterocycles. The molecule has 4 aromatic heterocycles. The van der Waals surface area contributed by atoms with E-state index < -0.39 is 0 Å². The van der Waals surface area contributed by atoms with E-state index in [1.807, 2.05) is 30.3 Å². The molecule has 0 aliphatic rings. The van der Waals surface area contributed by atoms with Crippen LogP contribution in [0.1, 0.15) is 5.76 Å². The van der Waals surface area contributed by atoms with Gasteiger partial charge in [0.1, 0.15) is 17.3 Å². The van der Waals surface area contributed by atoms with Gasteiger partial charge in [-0.15, -0.1) is 5.10 Å². The van der Waals surface area contributed by atoms with E-state index in [2.05, 4.69) is 20.4 Å². The highest BCUT2D eigenvalue weighted by atomic mass is 16.5. The average molecular weight is 321 g/mol. The minimum atomic E-state index is 0.566. The van der Waals surface area contributed by atoms with Crippen molar-refractivity contribution in [3.63, 3.8) is 0 Å². The van der Waals surface area contributed by atoms with Crippen LogP contribution < -0.4 is 10.1 Å². The maximum Gasteiger partial charge on any atom is 0.154 e. The number of fused-ring (bicyclic) bond motifs is 1. The SMILES string of the molecule is COc1cncc(-c2cnc3ccc(NCc4ccco4)nn23)c1. The number of nitrogens with one attached hydrogen (secondary N) is 1. The summed E-state index contributed by atoms with van der Waals surface area (Å²) in [6.07, 6.45) is 6.85. The number of hydrogen-bond donors (Lipinski definition) is 1. The second-order valence-corrected chi connectivity index (χ2v) is 5.18. The first-order valence-corrected chi connectivity index (χ1v) is 7.44. The van der Waals surface area contributed by atoms with Crippen LogP contribution in [0.25, 0.3) is 16.9 Å². The summed E-state index contributed by atoms with van der Waals surface area (Å²) in [5.41, 5.74) is 2.49. The molecule has 4 heterocycles. The average Bonchev–Trinajstić information content (AvgIpc) is 3.29. The molecule has 120 valence electrons. The number of methoxy groups -OCH3 is 1. The highest BCUT2D eigenvalue weighted by molar-refractivity contribution is 5.64. The van der Waals surface area contributed by atoms with Gasteiger partial charge in [0.05, 0.1) is 38.0 Å². The maximum absolute atomic E-state index is 5.31. The van der Waals surface area contributed by atoms with Gasteiger partial charge in [-0.25, -0.2) is 9.50 Å². The van der Waals surface area contributed by atoms with Crippen molar-refractivity contribution in [1.82, 2.24) is 19.6 Å². The largest absolute Gasteiger partial charge is 0.495 e. The van der Waals surface area contributed by atoms with Crippen molar-refractivity contribution < 1.29 is 9.15 Å². The molecule has 0 aromatic carbocycles. The first-order chi connectivity index (χ1) is 11.8. The lowest BCUT2D eigenvalue weighted by Gasteiger charge is -2.06. The smallest absolute Gasteiger partial charge is 0.154 e. The second-order valence-electron chi connectivity index (χ2n) is 5.18. The third-order valence-corrected chi connectivity index (χ3v) is 3.63. The van der Waals surface area contributed by atoms with E-state index in [0.29, 0.717) is 12.3 Å². The van der Waals surface area contributed by atoms with Gasteiger partial charge in [-0.1, -0.05) is 0 Å². The lowest BCUT2D eigenvalue weighted by molar-refractivity contribution is 0.413. The van der Waals surface area contributed by atoms with E-state index in [4.69, 9.17) is 9.15 Å². The third kappa shape index (κ3) is 2.67. The van der Waals surface area contributed by atoms with E-state index in [0.717, 1.165) is 28.5 Å². The number of furan rings is 1. The Balaban J connectivity index is 1.67. The normalized spacial score (nSPS) is 10.9.